The lowest BCUT2D eigenvalue weighted by atomic mass is 9.99. The Morgan fingerprint density at radius 1 is 1.42 bits per heavy atom. The van der Waals surface area contributed by atoms with Crippen molar-refractivity contribution in [2.45, 2.75) is 35.0 Å². The molecule has 0 unspecified atom stereocenters. The van der Waals surface area contributed by atoms with E-state index >= 15 is 0 Å². The summed E-state index contributed by atoms with van der Waals surface area (Å²) in [5.41, 5.74) is 8.03. The van der Waals surface area contributed by atoms with Crippen LogP contribution in [0.3, 0.4) is 0 Å². The molecule has 0 saturated heterocycles. The first-order chi connectivity index (χ1) is 11.5. The number of amidine groups is 1. The van der Waals surface area contributed by atoms with Gasteiger partial charge >= 0.3 is 0 Å². The highest BCUT2D eigenvalue weighted by molar-refractivity contribution is 7.94. The summed E-state index contributed by atoms with van der Waals surface area (Å²) in [5, 5.41) is 13.1. The lowest BCUT2D eigenvalue weighted by molar-refractivity contribution is 0.404. The molecule has 1 fully saturated rings. The molecule has 2 N–H and O–H groups in total. The van der Waals surface area contributed by atoms with E-state index in [0.29, 0.717) is 10.6 Å². The molecular weight excluding hydrogens is 340 g/mol. The van der Waals surface area contributed by atoms with Crippen LogP contribution in [0, 0.1) is 18.3 Å². The molecular formula is C17H16N4OS2. The standard InChI is InChI=1S/C17H16N4OS2/c1-11-2-4-13(5-3-11)24-22-21-16(19)15-14(23)8-12(9-20-15)17(10-18)6-7-17/h2-5,8-9,23H,6-7H2,1H3,(H2,19,21). The van der Waals surface area contributed by atoms with Crippen molar-refractivity contribution in [3.05, 3.63) is 53.3 Å². The van der Waals surface area contributed by atoms with Crippen molar-refractivity contribution in [1.82, 2.24) is 4.98 Å². The second-order valence-electron chi connectivity index (χ2n) is 5.73. The van der Waals surface area contributed by atoms with Crippen LogP contribution in [-0.4, -0.2) is 10.8 Å². The number of nitrogens with zero attached hydrogens (tertiary/aromatic N) is 3. The van der Waals surface area contributed by atoms with Crippen molar-refractivity contribution in [2.24, 2.45) is 10.9 Å². The minimum absolute atomic E-state index is 0.146. The number of benzene rings is 1. The first-order valence-corrected chi connectivity index (χ1v) is 8.58. The van der Waals surface area contributed by atoms with Gasteiger partial charge in [0.05, 0.1) is 16.4 Å². The monoisotopic (exact) mass is 356 g/mol. The predicted molar refractivity (Wildman–Crippen MR) is 96.9 cm³/mol. The maximum atomic E-state index is 9.25. The molecule has 1 aliphatic rings. The Kier molecular flexibility index (Phi) is 4.69. The number of nitrogens with two attached hydrogens (primary N) is 1. The van der Waals surface area contributed by atoms with Crippen molar-refractivity contribution < 1.29 is 4.28 Å². The molecule has 0 bridgehead atoms. The average molecular weight is 356 g/mol. The molecule has 0 atom stereocenters. The molecule has 1 heterocycles. The first-order valence-electron chi connectivity index (χ1n) is 7.39. The number of pyridine rings is 1. The summed E-state index contributed by atoms with van der Waals surface area (Å²) < 4.78 is 5.22. The minimum Gasteiger partial charge on any atom is -0.379 e. The number of nitriles is 1. The van der Waals surface area contributed by atoms with Crippen LogP contribution < -0.4 is 5.73 Å². The third kappa shape index (κ3) is 3.50. The molecule has 1 saturated carbocycles. The van der Waals surface area contributed by atoms with Gasteiger partial charge in [0.1, 0.15) is 17.7 Å². The Morgan fingerprint density at radius 3 is 2.71 bits per heavy atom. The van der Waals surface area contributed by atoms with E-state index in [1.54, 1.807) is 6.20 Å². The number of hydrogen-bond acceptors (Lipinski definition) is 6. The molecule has 0 radical (unpaired) electrons. The van der Waals surface area contributed by atoms with Crippen LogP contribution in [0.25, 0.3) is 0 Å². The number of oxime groups is 1. The Hall–Kier alpha value is -2.17. The highest BCUT2D eigenvalue weighted by Gasteiger charge is 2.45. The highest BCUT2D eigenvalue weighted by atomic mass is 32.2. The van der Waals surface area contributed by atoms with Gasteiger partial charge in [0, 0.05) is 11.1 Å². The maximum Gasteiger partial charge on any atom is 0.191 e. The zero-order valence-electron chi connectivity index (χ0n) is 13.1. The normalized spacial score (nSPS) is 15.6. The van der Waals surface area contributed by atoms with Crippen LogP contribution in [0.5, 0.6) is 0 Å². The highest BCUT2D eigenvalue weighted by Crippen LogP contribution is 2.47. The average Bonchev–Trinajstić information content (AvgIpc) is 3.37. The van der Waals surface area contributed by atoms with E-state index in [1.165, 1.54) is 5.56 Å². The number of hydrogen-bond donors (Lipinski definition) is 2. The SMILES string of the molecule is Cc1ccc(SO/N=C(\N)c2ncc(C3(C#N)CC3)cc2S)cc1. The van der Waals surface area contributed by atoms with Gasteiger partial charge in [-0.05, 0) is 43.5 Å². The van der Waals surface area contributed by atoms with E-state index in [1.807, 2.05) is 37.3 Å². The van der Waals surface area contributed by atoms with Crippen molar-refractivity contribution >= 4 is 30.5 Å². The van der Waals surface area contributed by atoms with Crippen LogP contribution in [0.1, 0.15) is 29.7 Å². The van der Waals surface area contributed by atoms with E-state index in [4.69, 9.17) is 10.0 Å². The van der Waals surface area contributed by atoms with Gasteiger partial charge < -0.3 is 10.0 Å². The van der Waals surface area contributed by atoms with Gasteiger partial charge in [0.2, 0.25) is 0 Å². The van der Waals surface area contributed by atoms with E-state index in [9.17, 15) is 5.26 Å². The third-order valence-corrected chi connectivity index (χ3v) is 4.87. The van der Waals surface area contributed by atoms with Crippen LogP contribution in [-0.2, 0) is 9.70 Å². The predicted octanol–water partition coefficient (Wildman–Crippen LogP) is 3.58. The molecule has 24 heavy (non-hydrogen) atoms. The van der Waals surface area contributed by atoms with Crippen LogP contribution >= 0.6 is 24.7 Å². The van der Waals surface area contributed by atoms with Gasteiger partial charge in [-0.15, -0.1) is 12.6 Å². The summed E-state index contributed by atoms with van der Waals surface area (Å²) in [6.45, 7) is 2.02. The molecule has 3 rings (SSSR count). The fourth-order valence-electron chi connectivity index (χ4n) is 2.24. The fourth-order valence-corrected chi connectivity index (χ4v) is 3.00. The van der Waals surface area contributed by atoms with Gasteiger partial charge in [-0.3, -0.25) is 4.98 Å². The Balaban J connectivity index is 1.69. The number of thiol groups is 1. The van der Waals surface area contributed by atoms with Crippen molar-refractivity contribution in [2.75, 3.05) is 0 Å². The van der Waals surface area contributed by atoms with E-state index in [2.05, 4.69) is 28.8 Å². The van der Waals surface area contributed by atoms with Gasteiger partial charge in [-0.2, -0.15) is 5.26 Å². The molecule has 1 aliphatic carbocycles. The maximum absolute atomic E-state index is 9.25. The van der Waals surface area contributed by atoms with Gasteiger partial charge in [-0.25, -0.2) is 0 Å². The summed E-state index contributed by atoms with van der Waals surface area (Å²) >= 11 is 5.53. The molecule has 0 spiro atoms. The van der Waals surface area contributed by atoms with Crippen LogP contribution in [0.2, 0.25) is 0 Å². The summed E-state index contributed by atoms with van der Waals surface area (Å²) in [5.74, 6) is 0.146. The van der Waals surface area contributed by atoms with E-state index < -0.39 is 5.41 Å². The third-order valence-electron chi connectivity index (χ3n) is 3.92. The summed E-state index contributed by atoms with van der Waals surface area (Å²) in [7, 11) is 0. The Bertz CT molecular complexity index is 823. The topological polar surface area (TPSA) is 84.3 Å². The zero-order chi connectivity index (χ0) is 17.2. The van der Waals surface area contributed by atoms with Crippen LogP contribution in [0.15, 0.2) is 51.5 Å². The summed E-state index contributed by atoms with van der Waals surface area (Å²) in [6.07, 6.45) is 3.38. The molecule has 2 aromatic rings. The van der Waals surface area contributed by atoms with Crippen molar-refractivity contribution in [1.29, 1.82) is 5.26 Å². The molecule has 1 aromatic carbocycles. The largest absolute Gasteiger partial charge is 0.379 e. The number of aryl methyl sites for hydroxylation is 1. The molecule has 7 heteroatoms. The Labute approximate surface area is 150 Å². The summed E-state index contributed by atoms with van der Waals surface area (Å²) in [6, 6.07) is 12.0. The lowest BCUT2D eigenvalue weighted by Crippen LogP contribution is -2.17. The quantitative estimate of drug-likeness (QED) is 0.281. The van der Waals surface area contributed by atoms with Gasteiger partial charge in [0.15, 0.2) is 5.84 Å². The van der Waals surface area contributed by atoms with Crippen LogP contribution in [0.4, 0.5) is 0 Å². The van der Waals surface area contributed by atoms with Gasteiger partial charge in [0.25, 0.3) is 0 Å². The second-order valence-corrected chi connectivity index (χ2v) is 7.00. The van der Waals surface area contributed by atoms with Crippen molar-refractivity contribution in [3.63, 3.8) is 0 Å². The lowest BCUT2D eigenvalue weighted by Gasteiger charge is -2.09. The molecule has 0 amide bonds. The first kappa shape index (κ1) is 16.7. The molecule has 122 valence electrons. The Morgan fingerprint density at radius 2 is 2.12 bits per heavy atom. The van der Waals surface area contributed by atoms with Crippen molar-refractivity contribution in [3.8, 4) is 6.07 Å². The van der Waals surface area contributed by atoms with E-state index in [0.717, 1.165) is 35.3 Å². The smallest absolute Gasteiger partial charge is 0.191 e. The number of rotatable bonds is 5. The second kappa shape index (κ2) is 6.75. The molecule has 0 aliphatic heterocycles. The zero-order valence-corrected chi connectivity index (χ0v) is 14.8. The minimum atomic E-state index is -0.396. The fraction of sp³-hybridized carbons (Fsp3) is 0.235. The molecule has 5 nitrogen and oxygen atoms in total. The number of aromatic nitrogens is 1. The van der Waals surface area contributed by atoms with Gasteiger partial charge in [-0.1, -0.05) is 22.9 Å². The van der Waals surface area contributed by atoms with E-state index in [-0.39, 0.29) is 5.84 Å². The summed E-state index contributed by atoms with van der Waals surface area (Å²) in [4.78, 5) is 5.81. The molecule has 1 aromatic heterocycles.